The second-order valence-corrected chi connectivity index (χ2v) is 6.86. The summed E-state index contributed by atoms with van der Waals surface area (Å²) in [6, 6.07) is 22.8. The van der Waals surface area contributed by atoms with Crippen LogP contribution < -0.4 is 10.4 Å². The molecule has 0 saturated carbocycles. The minimum absolute atomic E-state index is 0.0187. The third-order valence-corrected chi connectivity index (χ3v) is 5.21. The highest BCUT2D eigenvalue weighted by Crippen LogP contribution is 2.38. The molecule has 0 radical (unpaired) electrons. The van der Waals surface area contributed by atoms with E-state index < -0.39 is 0 Å². The Morgan fingerprint density at radius 1 is 0.633 bits per heavy atom. The first-order valence-corrected chi connectivity index (χ1v) is 8.99. The van der Waals surface area contributed by atoms with Crippen molar-refractivity contribution in [2.24, 2.45) is 0 Å². The summed E-state index contributed by atoms with van der Waals surface area (Å²) in [5.41, 5.74) is 1.97. The first-order chi connectivity index (χ1) is 14.5. The van der Waals surface area contributed by atoms with E-state index in [0.29, 0.717) is 38.1 Å². The zero-order valence-electron chi connectivity index (χ0n) is 15.8. The van der Waals surface area contributed by atoms with Gasteiger partial charge >= 0.3 is 0 Å². The summed E-state index contributed by atoms with van der Waals surface area (Å²) >= 11 is 0. The quantitative estimate of drug-likeness (QED) is 0.467. The molecule has 4 rings (SSSR count). The van der Waals surface area contributed by atoms with Crippen molar-refractivity contribution in [3.63, 3.8) is 0 Å². The van der Waals surface area contributed by atoms with E-state index in [2.05, 4.69) is 31.4 Å². The maximum Gasteiger partial charge on any atom is 0.102 e. The number of fused-ring (bicyclic) bond motifs is 2. The van der Waals surface area contributed by atoms with Gasteiger partial charge in [-0.1, -0.05) is 37.4 Å². The lowest BCUT2D eigenvalue weighted by atomic mass is 9.85. The van der Waals surface area contributed by atoms with Crippen molar-refractivity contribution in [3.8, 4) is 35.4 Å². The van der Waals surface area contributed by atoms with Crippen LogP contribution in [-0.2, 0) is 0 Å². The van der Waals surface area contributed by atoms with Crippen molar-refractivity contribution in [1.29, 1.82) is 21.0 Å². The van der Waals surface area contributed by atoms with Crippen LogP contribution in [0.4, 0.5) is 0 Å². The molecule has 0 bridgehead atoms. The molecule has 0 saturated heterocycles. The van der Waals surface area contributed by atoms with Gasteiger partial charge in [-0.25, -0.2) is 0 Å². The number of hydrogen-bond donors (Lipinski definition) is 0. The average molecular weight is 380 g/mol. The molecule has 0 aliphatic carbocycles. The van der Waals surface area contributed by atoms with E-state index in [0.717, 1.165) is 10.6 Å². The fraction of sp³-hybridized carbons (Fsp3) is 0. The normalized spacial score (nSPS) is 10.1. The molecule has 0 heterocycles. The van der Waals surface area contributed by atoms with Gasteiger partial charge in [0.25, 0.3) is 0 Å². The molecule has 0 amide bonds. The van der Waals surface area contributed by atoms with Gasteiger partial charge in [-0.3, -0.25) is 0 Å². The predicted molar refractivity (Wildman–Crippen MR) is 116 cm³/mol. The van der Waals surface area contributed by atoms with Gasteiger partial charge in [0.2, 0.25) is 0 Å². The number of benzene rings is 4. The van der Waals surface area contributed by atoms with E-state index in [-0.39, 0.29) is 16.7 Å². The lowest BCUT2D eigenvalue weighted by Gasteiger charge is -2.15. The molecule has 4 aromatic carbocycles. The Kier molecular flexibility index (Phi) is 4.26. The molecule has 0 N–H and O–H groups in total. The van der Waals surface area contributed by atoms with Gasteiger partial charge in [-0.2, -0.15) is 21.0 Å². The van der Waals surface area contributed by atoms with Gasteiger partial charge in [-0.15, -0.1) is 0 Å². The highest BCUT2D eigenvalue weighted by molar-refractivity contribution is 6.10. The second kappa shape index (κ2) is 6.92. The number of nitriles is 4. The van der Waals surface area contributed by atoms with Crippen molar-refractivity contribution < 1.29 is 0 Å². The molecule has 0 unspecified atom stereocenters. The lowest BCUT2D eigenvalue weighted by molar-refractivity contribution is 1.41. The molecule has 4 aromatic rings. The number of nitrogens with zero attached hydrogens (tertiary/aromatic N) is 4. The van der Waals surface area contributed by atoms with Gasteiger partial charge in [0.15, 0.2) is 0 Å². The molecule has 0 atom stereocenters. The first-order valence-electron chi connectivity index (χ1n) is 8.99. The van der Waals surface area contributed by atoms with Crippen LogP contribution in [0.3, 0.4) is 0 Å². The van der Waals surface area contributed by atoms with Crippen LogP contribution in [0.15, 0.2) is 48.5 Å². The van der Waals surface area contributed by atoms with Crippen LogP contribution >= 0.6 is 0 Å². The monoisotopic (exact) mass is 380 g/mol. The lowest BCUT2D eigenvalue weighted by Crippen LogP contribution is -2.11. The topological polar surface area (TPSA) is 95.2 Å². The fourth-order valence-corrected chi connectivity index (χ4v) is 3.83. The Morgan fingerprint density at radius 3 is 2.03 bits per heavy atom. The summed E-state index contributed by atoms with van der Waals surface area (Å²) in [5, 5.41) is 43.1. The molecule has 0 fully saturated rings. The minimum Gasteiger partial charge on any atom is -0.192 e. The SMILES string of the molecule is C=c1ccc(=C)c(-c2c(C#N)c(C#N)c(C#N)c3cc4c(C#N)cccc4cc23)c1. The molecular formula is C26H12N4. The summed E-state index contributed by atoms with van der Waals surface area (Å²) < 4.78 is 0. The van der Waals surface area contributed by atoms with Crippen LogP contribution in [0, 0.1) is 45.3 Å². The van der Waals surface area contributed by atoms with Crippen LogP contribution in [0.2, 0.25) is 0 Å². The zero-order chi connectivity index (χ0) is 21.4. The summed E-state index contributed by atoms with van der Waals surface area (Å²) in [6.45, 7) is 8.05. The van der Waals surface area contributed by atoms with E-state index in [1.165, 1.54) is 0 Å². The summed E-state index contributed by atoms with van der Waals surface area (Å²) in [7, 11) is 0. The van der Waals surface area contributed by atoms with Crippen LogP contribution in [0.1, 0.15) is 22.3 Å². The predicted octanol–water partition coefficient (Wildman–Crippen LogP) is 3.97. The largest absolute Gasteiger partial charge is 0.192 e. The highest BCUT2D eigenvalue weighted by Gasteiger charge is 2.22. The molecule has 0 aliphatic heterocycles. The summed E-state index contributed by atoms with van der Waals surface area (Å²) in [4.78, 5) is 0. The van der Waals surface area contributed by atoms with Gasteiger partial charge in [0.05, 0.1) is 28.3 Å². The van der Waals surface area contributed by atoms with Crippen molar-refractivity contribution >= 4 is 34.7 Å². The molecule has 4 nitrogen and oxygen atoms in total. The van der Waals surface area contributed by atoms with Gasteiger partial charge in [-0.05, 0) is 51.0 Å². The number of hydrogen-bond acceptors (Lipinski definition) is 4. The first kappa shape index (κ1) is 18.5. The van der Waals surface area contributed by atoms with Crippen LogP contribution in [-0.4, -0.2) is 0 Å². The van der Waals surface area contributed by atoms with E-state index in [9.17, 15) is 21.0 Å². The minimum atomic E-state index is 0.0187. The van der Waals surface area contributed by atoms with Gasteiger partial charge < -0.3 is 0 Å². The Balaban J connectivity index is 2.38. The zero-order valence-corrected chi connectivity index (χ0v) is 15.8. The summed E-state index contributed by atoms with van der Waals surface area (Å²) in [5.74, 6) is 0. The van der Waals surface area contributed by atoms with E-state index >= 15 is 0 Å². The Bertz CT molecular complexity index is 1670. The Hall–Kier alpha value is -4.90. The van der Waals surface area contributed by atoms with E-state index in [1.807, 2.05) is 36.4 Å². The van der Waals surface area contributed by atoms with Gasteiger partial charge in [0, 0.05) is 16.3 Å². The van der Waals surface area contributed by atoms with Crippen molar-refractivity contribution in [3.05, 3.63) is 81.2 Å². The fourth-order valence-electron chi connectivity index (χ4n) is 3.83. The van der Waals surface area contributed by atoms with Crippen LogP contribution in [0.25, 0.3) is 45.8 Å². The molecule has 0 aliphatic rings. The molecular weight excluding hydrogens is 368 g/mol. The molecule has 0 spiro atoms. The molecule has 30 heavy (non-hydrogen) atoms. The average Bonchev–Trinajstić information content (AvgIpc) is 2.77. The second-order valence-electron chi connectivity index (χ2n) is 6.86. The third kappa shape index (κ3) is 2.58. The Morgan fingerprint density at radius 2 is 1.37 bits per heavy atom. The molecule has 0 aromatic heterocycles. The van der Waals surface area contributed by atoms with Gasteiger partial charge in [0.1, 0.15) is 18.2 Å². The third-order valence-electron chi connectivity index (χ3n) is 5.21. The standard InChI is InChI=1S/C26H12N4/c1-15-6-7-16(2)19(8-15)26-22-9-17-4-3-5-18(11-27)20(17)10-21(22)23(12-28)24(13-29)25(26)14-30/h3-10H,1-2H2. The van der Waals surface area contributed by atoms with E-state index in [4.69, 9.17) is 0 Å². The summed E-state index contributed by atoms with van der Waals surface area (Å²) in [6.07, 6.45) is 0. The smallest absolute Gasteiger partial charge is 0.102 e. The number of rotatable bonds is 1. The van der Waals surface area contributed by atoms with E-state index in [1.54, 1.807) is 18.2 Å². The Labute approximate surface area is 172 Å². The van der Waals surface area contributed by atoms with Crippen molar-refractivity contribution in [2.75, 3.05) is 0 Å². The van der Waals surface area contributed by atoms with Crippen molar-refractivity contribution in [2.45, 2.75) is 0 Å². The maximum atomic E-state index is 9.94. The van der Waals surface area contributed by atoms with Crippen molar-refractivity contribution in [1.82, 2.24) is 0 Å². The maximum absolute atomic E-state index is 9.94. The highest BCUT2D eigenvalue weighted by atomic mass is 14.3. The van der Waals surface area contributed by atoms with Crippen LogP contribution in [0.5, 0.6) is 0 Å². The molecule has 136 valence electrons. The molecule has 4 heteroatoms.